The van der Waals surface area contributed by atoms with Crippen molar-refractivity contribution in [2.45, 2.75) is 32.7 Å². The maximum atomic E-state index is 11.1. The molecule has 0 aliphatic carbocycles. The van der Waals surface area contributed by atoms with Crippen LogP contribution in [-0.2, 0) is 9.59 Å². The molecule has 0 aromatic rings. The summed E-state index contributed by atoms with van der Waals surface area (Å²) in [5.41, 5.74) is 0. The standard InChI is InChI=1S/C9H18N2O3/c1-3-4-10-8(12)6-11-7(2)5-9(13)14/h7,11H,3-6H2,1-2H3,(H,10,12)(H,13,14). The van der Waals surface area contributed by atoms with Crippen molar-refractivity contribution in [2.24, 2.45) is 0 Å². The van der Waals surface area contributed by atoms with Gasteiger partial charge in [0.25, 0.3) is 0 Å². The molecule has 5 nitrogen and oxygen atoms in total. The van der Waals surface area contributed by atoms with Crippen molar-refractivity contribution in [3.05, 3.63) is 0 Å². The Morgan fingerprint density at radius 2 is 2.07 bits per heavy atom. The third-order valence-corrected chi connectivity index (χ3v) is 1.66. The maximum Gasteiger partial charge on any atom is 0.304 e. The quantitative estimate of drug-likeness (QED) is 0.541. The van der Waals surface area contributed by atoms with Crippen LogP contribution in [0.1, 0.15) is 26.7 Å². The van der Waals surface area contributed by atoms with Gasteiger partial charge in [-0.3, -0.25) is 9.59 Å². The molecular formula is C9H18N2O3. The zero-order valence-electron chi connectivity index (χ0n) is 8.67. The lowest BCUT2D eigenvalue weighted by molar-refractivity contribution is -0.137. The van der Waals surface area contributed by atoms with E-state index >= 15 is 0 Å². The molecule has 14 heavy (non-hydrogen) atoms. The first kappa shape index (κ1) is 12.9. The summed E-state index contributed by atoms with van der Waals surface area (Å²) in [6.07, 6.45) is 0.928. The average Bonchev–Trinajstić information content (AvgIpc) is 2.10. The van der Waals surface area contributed by atoms with E-state index < -0.39 is 5.97 Å². The van der Waals surface area contributed by atoms with Crippen LogP contribution in [0.5, 0.6) is 0 Å². The van der Waals surface area contributed by atoms with E-state index in [1.165, 1.54) is 0 Å². The van der Waals surface area contributed by atoms with Crippen LogP contribution in [0.25, 0.3) is 0 Å². The highest BCUT2D eigenvalue weighted by atomic mass is 16.4. The topological polar surface area (TPSA) is 78.4 Å². The van der Waals surface area contributed by atoms with Gasteiger partial charge in [0, 0.05) is 12.6 Å². The smallest absolute Gasteiger partial charge is 0.304 e. The summed E-state index contributed by atoms with van der Waals surface area (Å²) in [5.74, 6) is -0.956. The zero-order chi connectivity index (χ0) is 11.0. The lowest BCUT2D eigenvalue weighted by Gasteiger charge is -2.10. The minimum Gasteiger partial charge on any atom is -0.481 e. The van der Waals surface area contributed by atoms with Gasteiger partial charge in [0.05, 0.1) is 13.0 Å². The number of hydrogen-bond acceptors (Lipinski definition) is 3. The molecule has 0 aliphatic heterocycles. The molecule has 0 saturated heterocycles. The predicted octanol–water partition coefficient (Wildman–Crippen LogP) is -0.0346. The molecule has 0 aliphatic rings. The number of nitrogens with one attached hydrogen (secondary N) is 2. The van der Waals surface area contributed by atoms with Crippen molar-refractivity contribution in [1.29, 1.82) is 0 Å². The fraction of sp³-hybridized carbons (Fsp3) is 0.778. The fourth-order valence-corrected chi connectivity index (χ4v) is 0.928. The average molecular weight is 202 g/mol. The van der Waals surface area contributed by atoms with Gasteiger partial charge in [-0.1, -0.05) is 6.92 Å². The molecular weight excluding hydrogens is 184 g/mol. The molecule has 0 fully saturated rings. The van der Waals surface area contributed by atoms with Crippen LogP contribution in [0.2, 0.25) is 0 Å². The van der Waals surface area contributed by atoms with Crippen LogP contribution in [0.3, 0.4) is 0 Å². The lowest BCUT2D eigenvalue weighted by atomic mass is 10.2. The van der Waals surface area contributed by atoms with E-state index in [0.717, 1.165) is 6.42 Å². The second-order valence-electron chi connectivity index (χ2n) is 3.23. The van der Waals surface area contributed by atoms with Crippen LogP contribution in [0, 0.1) is 0 Å². The first-order valence-corrected chi connectivity index (χ1v) is 4.78. The number of rotatable bonds is 7. The molecule has 82 valence electrons. The Kier molecular flexibility index (Phi) is 6.74. The summed E-state index contributed by atoms with van der Waals surface area (Å²) in [7, 11) is 0. The molecule has 0 aromatic heterocycles. The Morgan fingerprint density at radius 3 is 2.57 bits per heavy atom. The van der Waals surface area contributed by atoms with Crippen LogP contribution in [0.4, 0.5) is 0 Å². The predicted molar refractivity (Wildman–Crippen MR) is 53.0 cm³/mol. The van der Waals surface area contributed by atoms with Crippen LogP contribution >= 0.6 is 0 Å². The van der Waals surface area contributed by atoms with Gasteiger partial charge in [-0.15, -0.1) is 0 Å². The highest BCUT2D eigenvalue weighted by Gasteiger charge is 2.08. The third-order valence-electron chi connectivity index (χ3n) is 1.66. The zero-order valence-corrected chi connectivity index (χ0v) is 8.67. The van der Waals surface area contributed by atoms with E-state index in [2.05, 4.69) is 10.6 Å². The Balaban J connectivity index is 3.50. The number of carboxylic acids is 1. The first-order valence-electron chi connectivity index (χ1n) is 4.78. The van der Waals surface area contributed by atoms with E-state index in [1.54, 1.807) is 6.92 Å². The van der Waals surface area contributed by atoms with Crippen molar-refractivity contribution < 1.29 is 14.7 Å². The molecule has 1 unspecified atom stereocenters. The molecule has 0 aromatic carbocycles. The second kappa shape index (κ2) is 7.32. The second-order valence-corrected chi connectivity index (χ2v) is 3.23. The highest BCUT2D eigenvalue weighted by Crippen LogP contribution is 1.88. The number of carbonyl (C=O) groups is 2. The molecule has 5 heteroatoms. The van der Waals surface area contributed by atoms with Crippen molar-refractivity contribution in [3.8, 4) is 0 Å². The van der Waals surface area contributed by atoms with Crippen LogP contribution in [-0.4, -0.2) is 36.1 Å². The number of amides is 1. The van der Waals surface area contributed by atoms with Gasteiger partial charge in [0.1, 0.15) is 0 Å². The highest BCUT2D eigenvalue weighted by molar-refractivity contribution is 5.78. The normalized spacial score (nSPS) is 12.1. The molecule has 0 heterocycles. The van der Waals surface area contributed by atoms with Gasteiger partial charge in [0.15, 0.2) is 0 Å². The van der Waals surface area contributed by atoms with E-state index in [4.69, 9.17) is 5.11 Å². The van der Waals surface area contributed by atoms with E-state index in [9.17, 15) is 9.59 Å². The van der Waals surface area contributed by atoms with Gasteiger partial charge in [-0.2, -0.15) is 0 Å². The van der Waals surface area contributed by atoms with Gasteiger partial charge < -0.3 is 15.7 Å². The molecule has 0 bridgehead atoms. The fourth-order valence-electron chi connectivity index (χ4n) is 0.928. The van der Waals surface area contributed by atoms with Gasteiger partial charge in [-0.05, 0) is 13.3 Å². The SMILES string of the molecule is CCCNC(=O)CNC(C)CC(=O)O. The summed E-state index contributed by atoms with van der Waals surface area (Å²) in [5, 5.41) is 14.0. The lowest BCUT2D eigenvalue weighted by Crippen LogP contribution is -2.39. The number of carboxylic acid groups (broad SMARTS) is 1. The number of carbonyl (C=O) groups excluding carboxylic acids is 1. The Labute approximate surface area is 83.9 Å². The van der Waals surface area contributed by atoms with E-state index in [1.807, 2.05) is 6.92 Å². The van der Waals surface area contributed by atoms with Crippen molar-refractivity contribution in [1.82, 2.24) is 10.6 Å². The summed E-state index contributed by atoms with van der Waals surface area (Å²) >= 11 is 0. The van der Waals surface area contributed by atoms with Gasteiger partial charge >= 0.3 is 5.97 Å². The van der Waals surface area contributed by atoms with Crippen molar-refractivity contribution in [3.63, 3.8) is 0 Å². The molecule has 0 saturated carbocycles. The number of hydrogen-bond donors (Lipinski definition) is 3. The third kappa shape index (κ3) is 7.54. The Hall–Kier alpha value is -1.10. The Bertz CT molecular complexity index is 194. The minimum atomic E-state index is -0.862. The molecule has 3 N–H and O–H groups in total. The first-order chi connectivity index (χ1) is 6.56. The summed E-state index contributed by atoms with van der Waals surface area (Å²) in [6, 6.07) is -0.181. The van der Waals surface area contributed by atoms with Crippen LogP contribution < -0.4 is 10.6 Å². The monoisotopic (exact) mass is 202 g/mol. The van der Waals surface area contributed by atoms with E-state index in [0.29, 0.717) is 6.54 Å². The summed E-state index contributed by atoms with van der Waals surface area (Å²) in [4.78, 5) is 21.4. The molecule has 1 atom stereocenters. The van der Waals surface area contributed by atoms with E-state index in [-0.39, 0.29) is 24.9 Å². The van der Waals surface area contributed by atoms with Crippen LogP contribution in [0.15, 0.2) is 0 Å². The molecule has 0 rings (SSSR count). The summed E-state index contributed by atoms with van der Waals surface area (Å²) in [6.45, 7) is 4.55. The largest absolute Gasteiger partial charge is 0.481 e. The van der Waals surface area contributed by atoms with Crippen molar-refractivity contribution >= 4 is 11.9 Å². The molecule has 0 radical (unpaired) electrons. The Morgan fingerprint density at radius 1 is 1.43 bits per heavy atom. The molecule has 0 spiro atoms. The summed E-state index contributed by atoms with van der Waals surface area (Å²) < 4.78 is 0. The molecule has 1 amide bonds. The van der Waals surface area contributed by atoms with Crippen molar-refractivity contribution in [2.75, 3.05) is 13.1 Å². The van der Waals surface area contributed by atoms with Gasteiger partial charge in [0.2, 0.25) is 5.91 Å². The maximum absolute atomic E-state index is 11.1. The minimum absolute atomic E-state index is 0.0288. The van der Waals surface area contributed by atoms with Gasteiger partial charge in [-0.25, -0.2) is 0 Å². The number of aliphatic carboxylic acids is 1.